The Morgan fingerprint density at radius 2 is 1.70 bits per heavy atom. The molecule has 27 heavy (non-hydrogen) atoms. The quantitative estimate of drug-likeness (QED) is 0.714. The van der Waals surface area contributed by atoms with E-state index in [0.717, 1.165) is 18.2 Å². The number of fused-ring (bicyclic) bond motifs is 1. The lowest BCUT2D eigenvalue weighted by atomic mass is 10.0. The van der Waals surface area contributed by atoms with E-state index < -0.39 is 35.0 Å². The molecule has 3 rings (SSSR count). The molecule has 1 atom stereocenters. The molecule has 140 valence electrons. The minimum atomic E-state index is -1.14. The highest BCUT2D eigenvalue weighted by atomic mass is 35.5. The van der Waals surface area contributed by atoms with Crippen molar-refractivity contribution >= 4 is 28.3 Å². The third-order valence-corrected chi connectivity index (χ3v) is 4.80. The number of nitrogens with one attached hydrogen (secondary N) is 1. The van der Waals surface area contributed by atoms with Crippen molar-refractivity contribution in [1.29, 1.82) is 0 Å². The monoisotopic (exact) mass is 394 g/mol. The molecule has 1 heterocycles. The van der Waals surface area contributed by atoms with Crippen LogP contribution in [0.15, 0.2) is 41.3 Å². The lowest BCUT2D eigenvalue weighted by Crippen LogP contribution is -2.30. The molecule has 0 radical (unpaired) electrons. The van der Waals surface area contributed by atoms with E-state index in [1.165, 1.54) is 30.3 Å². The van der Waals surface area contributed by atoms with Gasteiger partial charge in [0.2, 0.25) is 0 Å². The highest BCUT2D eigenvalue weighted by Crippen LogP contribution is 2.28. The molecule has 0 aliphatic rings. The van der Waals surface area contributed by atoms with Gasteiger partial charge >= 0.3 is 0 Å². The number of rotatable bonds is 3. The van der Waals surface area contributed by atoms with Crippen LogP contribution in [0.5, 0.6) is 0 Å². The summed E-state index contributed by atoms with van der Waals surface area (Å²) in [7, 11) is 1.48. The van der Waals surface area contributed by atoms with Gasteiger partial charge in [-0.2, -0.15) is 0 Å². The number of halogens is 4. The predicted octanol–water partition coefficient (Wildman–Crippen LogP) is 4.43. The predicted molar refractivity (Wildman–Crippen MR) is 96.4 cm³/mol. The second-order valence-corrected chi connectivity index (χ2v) is 6.51. The zero-order valence-corrected chi connectivity index (χ0v) is 15.1. The molecule has 8 heteroatoms. The largest absolute Gasteiger partial charge is 0.335 e. The average molecular weight is 395 g/mol. The summed E-state index contributed by atoms with van der Waals surface area (Å²) in [6.45, 7) is 1.65. The molecule has 1 N–H and O–H groups in total. The number of H-pyrrole nitrogens is 1. The normalized spacial score (nSPS) is 12.2. The van der Waals surface area contributed by atoms with E-state index in [-0.39, 0.29) is 21.4 Å². The first kappa shape index (κ1) is 19.0. The van der Waals surface area contributed by atoms with Gasteiger partial charge in [-0.15, -0.1) is 0 Å². The van der Waals surface area contributed by atoms with Crippen molar-refractivity contribution in [2.75, 3.05) is 7.05 Å². The maximum absolute atomic E-state index is 13.7. The van der Waals surface area contributed by atoms with Crippen LogP contribution in [0, 0.1) is 17.5 Å². The van der Waals surface area contributed by atoms with Gasteiger partial charge in [0.25, 0.3) is 11.5 Å². The number of pyridine rings is 1. The molecule has 0 spiro atoms. The van der Waals surface area contributed by atoms with E-state index in [2.05, 4.69) is 4.98 Å². The van der Waals surface area contributed by atoms with Crippen molar-refractivity contribution in [3.63, 3.8) is 0 Å². The van der Waals surface area contributed by atoms with Crippen molar-refractivity contribution in [3.8, 4) is 0 Å². The fourth-order valence-electron chi connectivity index (χ4n) is 2.84. The molecule has 0 aliphatic carbocycles. The van der Waals surface area contributed by atoms with Crippen LogP contribution in [0.2, 0.25) is 5.02 Å². The number of hydrogen-bond acceptors (Lipinski definition) is 2. The van der Waals surface area contributed by atoms with E-state index >= 15 is 0 Å². The lowest BCUT2D eigenvalue weighted by molar-refractivity contribution is 0.0743. The number of amides is 1. The smallest absolute Gasteiger partial charge is 0.255 e. The van der Waals surface area contributed by atoms with Crippen molar-refractivity contribution in [2.45, 2.75) is 13.0 Å². The Morgan fingerprint density at radius 1 is 1.07 bits per heavy atom. The molecule has 1 aromatic heterocycles. The standard InChI is InChI=1S/C19H14ClF3N2O2/c1-9(25(2)19(27)10-3-4-14(20)15(21)5-10)13-8-24-18(26)12-7-17(23)16(22)6-11(12)13/h3-9H,1-2H3,(H,24,26). The van der Waals surface area contributed by atoms with E-state index in [0.29, 0.717) is 5.56 Å². The fourth-order valence-corrected chi connectivity index (χ4v) is 2.95. The highest BCUT2D eigenvalue weighted by Gasteiger charge is 2.23. The Hall–Kier alpha value is -2.80. The summed E-state index contributed by atoms with van der Waals surface area (Å²) in [5.41, 5.74) is -0.0837. The van der Waals surface area contributed by atoms with Gasteiger partial charge in [0.1, 0.15) is 5.82 Å². The van der Waals surface area contributed by atoms with E-state index in [1.54, 1.807) is 6.92 Å². The number of benzene rings is 2. The van der Waals surface area contributed by atoms with Crippen LogP contribution in [-0.4, -0.2) is 22.8 Å². The van der Waals surface area contributed by atoms with Crippen LogP contribution in [-0.2, 0) is 0 Å². The molecule has 2 aromatic carbocycles. The Labute approximate surface area is 157 Å². The molecule has 0 saturated carbocycles. The van der Waals surface area contributed by atoms with Crippen molar-refractivity contribution in [1.82, 2.24) is 9.88 Å². The zero-order chi connectivity index (χ0) is 19.9. The number of hydrogen-bond donors (Lipinski definition) is 1. The minimum Gasteiger partial charge on any atom is -0.335 e. The third kappa shape index (κ3) is 3.42. The summed E-state index contributed by atoms with van der Waals surface area (Å²) in [5.74, 6) is -3.47. The summed E-state index contributed by atoms with van der Waals surface area (Å²) in [5, 5.41) is 0.0510. The van der Waals surface area contributed by atoms with Gasteiger partial charge < -0.3 is 9.88 Å². The number of carbonyl (C=O) groups is 1. The molecule has 0 saturated heterocycles. The lowest BCUT2D eigenvalue weighted by Gasteiger charge is -2.26. The number of carbonyl (C=O) groups excluding carboxylic acids is 1. The molecule has 0 fully saturated rings. The van der Waals surface area contributed by atoms with Crippen molar-refractivity contribution in [3.05, 3.63) is 80.5 Å². The number of nitrogens with zero attached hydrogens (tertiary/aromatic N) is 1. The summed E-state index contributed by atoms with van der Waals surface area (Å²) >= 11 is 5.63. The summed E-state index contributed by atoms with van der Waals surface area (Å²) in [4.78, 5) is 28.4. The summed E-state index contributed by atoms with van der Waals surface area (Å²) in [6, 6.07) is 4.80. The van der Waals surface area contributed by atoms with Crippen molar-refractivity contribution in [2.24, 2.45) is 0 Å². The maximum atomic E-state index is 13.7. The topological polar surface area (TPSA) is 53.2 Å². The Morgan fingerprint density at radius 3 is 2.33 bits per heavy atom. The second kappa shape index (κ2) is 7.08. The molecule has 3 aromatic rings. The van der Waals surface area contributed by atoms with Gasteiger partial charge in [0.15, 0.2) is 11.6 Å². The van der Waals surface area contributed by atoms with Gasteiger partial charge in [-0.05, 0) is 48.2 Å². The van der Waals surface area contributed by atoms with Crippen LogP contribution in [0.4, 0.5) is 13.2 Å². The molecule has 0 bridgehead atoms. The van der Waals surface area contributed by atoms with Crippen LogP contribution in [0.3, 0.4) is 0 Å². The number of aromatic amines is 1. The molecule has 0 aliphatic heterocycles. The van der Waals surface area contributed by atoms with Crippen LogP contribution in [0.1, 0.15) is 28.9 Å². The fraction of sp³-hybridized carbons (Fsp3) is 0.158. The molecule has 4 nitrogen and oxygen atoms in total. The highest BCUT2D eigenvalue weighted by molar-refractivity contribution is 6.30. The number of aromatic nitrogens is 1. The van der Waals surface area contributed by atoms with Gasteiger partial charge in [-0.1, -0.05) is 11.6 Å². The molecule has 1 amide bonds. The zero-order valence-electron chi connectivity index (χ0n) is 14.3. The second-order valence-electron chi connectivity index (χ2n) is 6.11. The van der Waals surface area contributed by atoms with Gasteiger partial charge in [0.05, 0.1) is 16.5 Å². The average Bonchev–Trinajstić information content (AvgIpc) is 2.64. The first-order valence-electron chi connectivity index (χ1n) is 7.93. The molecular formula is C19H14ClF3N2O2. The Bertz CT molecular complexity index is 1110. The summed E-state index contributed by atoms with van der Waals surface area (Å²) in [6.07, 6.45) is 1.35. The maximum Gasteiger partial charge on any atom is 0.255 e. The Balaban J connectivity index is 2.04. The van der Waals surface area contributed by atoms with Crippen LogP contribution >= 0.6 is 11.6 Å². The van der Waals surface area contributed by atoms with E-state index in [4.69, 9.17) is 11.6 Å². The SMILES string of the molecule is CC(c1c[nH]c(=O)c2cc(F)c(F)cc12)N(C)C(=O)c1ccc(Cl)c(F)c1. The third-order valence-electron chi connectivity index (χ3n) is 4.49. The first-order chi connectivity index (χ1) is 12.7. The van der Waals surface area contributed by atoms with E-state index in [9.17, 15) is 22.8 Å². The summed E-state index contributed by atoms with van der Waals surface area (Å²) < 4.78 is 40.9. The van der Waals surface area contributed by atoms with Crippen LogP contribution in [0.25, 0.3) is 10.8 Å². The molecular weight excluding hydrogens is 381 g/mol. The molecule has 1 unspecified atom stereocenters. The van der Waals surface area contributed by atoms with Crippen LogP contribution < -0.4 is 5.56 Å². The Kier molecular flexibility index (Phi) is 4.97. The van der Waals surface area contributed by atoms with Gasteiger partial charge in [-0.25, -0.2) is 13.2 Å². The van der Waals surface area contributed by atoms with Gasteiger partial charge in [0, 0.05) is 18.8 Å². The minimum absolute atomic E-state index is 0.0309. The van der Waals surface area contributed by atoms with E-state index in [1.807, 2.05) is 0 Å². The first-order valence-corrected chi connectivity index (χ1v) is 8.31. The van der Waals surface area contributed by atoms with Crippen molar-refractivity contribution < 1.29 is 18.0 Å². The van der Waals surface area contributed by atoms with Gasteiger partial charge in [-0.3, -0.25) is 9.59 Å².